The Labute approximate surface area is 162 Å². The van der Waals surface area contributed by atoms with E-state index in [0.717, 1.165) is 12.8 Å². The van der Waals surface area contributed by atoms with Gasteiger partial charge in [-0.2, -0.15) is 0 Å². The van der Waals surface area contributed by atoms with E-state index in [1.165, 1.54) is 25.1 Å². The highest BCUT2D eigenvalue weighted by Crippen LogP contribution is 2.34. The van der Waals surface area contributed by atoms with Gasteiger partial charge in [-0.15, -0.1) is 0 Å². The van der Waals surface area contributed by atoms with Crippen molar-refractivity contribution in [3.8, 4) is 11.5 Å². The number of carbonyl (C=O) groups excluding carboxylic acids is 1. The number of nitrogens with zero attached hydrogens (tertiary/aromatic N) is 3. The van der Waals surface area contributed by atoms with E-state index >= 15 is 0 Å². The molecule has 1 saturated carbocycles. The van der Waals surface area contributed by atoms with Gasteiger partial charge in [0.2, 0.25) is 5.91 Å². The van der Waals surface area contributed by atoms with Crippen LogP contribution in [0.3, 0.4) is 0 Å². The number of ether oxygens (including phenoxy) is 2. The molecule has 8 nitrogen and oxygen atoms in total. The molecule has 0 bridgehead atoms. The first kappa shape index (κ1) is 18.7. The van der Waals surface area contributed by atoms with Crippen molar-refractivity contribution in [1.82, 2.24) is 14.5 Å². The Kier molecular flexibility index (Phi) is 4.74. The number of carbonyl (C=O) groups is 1. The number of fused-ring (bicyclic) bond motifs is 1. The van der Waals surface area contributed by atoms with Gasteiger partial charge in [-0.05, 0) is 31.7 Å². The fourth-order valence-electron chi connectivity index (χ4n) is 3.81. The molecule has 1 aromatic carbocycles. The van der Waals surface area contributed by atoms with Crippen molar-refractivity contribution in [3.05, 3.63) is 28.8 Å². The normalized spacial score (nSPS) is 18.9. The Morgan fingerprint density at radius 1 is 1.21 bits per heavy atom. The van der Waals surface area contributed by atoms with E-state index in [2.05, 4.69) is 4.98 Å². The highest BCUT2D eigenvalue weighted by Gasteiger charge is 2.39. The number of hydrogen-bond acceptors (Lipinski definition) is 6. The van der Waals surface area contributed by atoms with Gasteiger partial charge in [-0.3, -0.25) is 14.2 Å². The largest absolute Gasteiger partial charge is 0.493 e. The lowest BCUT2D eigenvalue weighted by molar-refractivity contribution is -0.137. The average molecular weight is 387 g/mol. The first-order chi connectivity index (χ1) is 13.4. The predicted molar refractivity (Wildman–Crippen MR) is 103 cm³/mol. The maximum absolute atomic E-state index is 12.9. The summed E-state index contributed by atoms with van der Waals surface area (Å²) in [5.74, 6) is 1.35. The third kappa shape index (κ3) is 3.44. The summed E-state index contributed by atoms with van der Waals surface area (Å²) in [5, 5.41) is 11.4. The molecule has 8 heteroatoms. The Morgan fingerprint density at radius 3 is 2.46 bits per heavy atom. The topological polar surface area (TPSA) is 93.9 Å². The zero-order valence-corrected chi connectivity index (χ0v) is 16.2. The molecule has 1 saturated heterocycles. The molecule has 1 amide bonds. The molecule has 2 aromatic rings. The van der Waals surface area contributed by atoms with Gasteiger partial charge < -0.3 is 19.5 Å². The molecule has 0 spiro atoms. The number of amides is 1. The standard InChI is InChI=1S/C20H25N3O5/c1-27-16-9-14-15(10-17(16)28-2)21-12-23(19(14)25)11-20(26)5-7-22(8-6-20)18(24)13-3-4-13/h9-10,12-13,26H,3-8,11H2,1-2H3. The molecule has 1 aliphatic heterocycles. The van der Waals surface area contributed by atoms with Gasteiger partial charge in [-0.1, -0.05) is 0 Å². The molecule has 0 unspecified atom stereocenters. The molecule has 1 aromatic heterocycles. The Balaban J connectivity index is 1.55. The monoisotopic (exact) mass is 387 g/mol. The number of piperidine rings is 1. The Morgan fingerprint density at radius 2 is 1.86 bits per heavy atom. The smallest absolute Gasteiger partial charge is 0.261 e. The second kappa shape index (κ2) is 7.09. The van der Waals surface area contributed by atoms with Crippen LogP contribution in [0.15, 0.2) is 23.3 Å². The highest BCUT2D eigenvalue weighted by molar-refractivity contribution is 5.82. The van der Waals surface area contributed by atoms with Crippen molar-refractivity contribution in [1.29, 1.82) is 0 Å². The maximum atomic E-state index is 12.9. The van der Waals surface area contributed by atoms with Crippen LogP contribution in [-0.4, -0.2) is 58.4 Å². The molecule has 1 aliphatic carbocycles. The fourth-order valence-corrected chi connectivity index (χ4v) is 3.81. The summed E-state index contributed by atoms with van der Waals surface area (Å²) >= 11 is 0. The summed E-state index contributed by atoms with van der Waals surface area (Å²) in [6.45, 7) is 1.19. The van der Waals surface area contributed by atoms with Gasteiger partial charge in [0.1, 0.15) is 0 Å². The summed E-state index contributed by atoms with van der Waals surface area (Å²) < 4.78 is 12.0. The fraction of sp³-hybridized carbons (Fsp3) is 0.550. The van der Waals surface area contributed by atoms with E-state index in [0.29, 0.717) is 48.3 Å². The first-order valence-electron chi connectivity index (χ1n) is 9.56. The van der Waals surface area contributed by atoms with E-state index in [-0.39, 0.29) is 23.9 Å². The second-order valence-electron chi connectivity index (χ2n) is 7.73. The second-order valence-corrected chi connectivity index (χ2v) is 7.73. The van der Waals surface area contributed by atoms with E-state index in [9.17, 15) is 14.7 Å². The highest BCUT2D eigenvalue weighted by atomic mass is 16.5. The molecule has 1 N–H and O–H groups in total. The summed E-state index contributed by atoms with van der Waals surface area (Å²) in [6.07, 6.45) is 4.30. The molecule has 2 heterocycles. The summed E-state index contributed by atoms with van der Waals surface area (Å²) in [7, 11) is 3.04. The number of methoxy groups -OCH3 is 2. The molecule has 150 valence electrons. The lowest BCUT2D eigenvalue weighted by Crippen LogP contribution is -2.50. The van der Waals surface area contributed by atoms with Crippen molar-refractivity contribution >= 4 is 16.8 Å². The van der Waals surface area contributed by atoms with Crippen LogP contribution in [0.4, 0.5) is 0 Å². The van der Waals surface area contributed by atoms with Gasteiger partial charge in [-0.25, -0.2) is 4.98 Å². The quantitative estimate of drug-likeness (QED) is 0.828. The van der Waals surface area contributed by atoms with E-state index in [1.807, 2.05) is 4.90 Å². The SMILES string of the molecule is COc1cc2ncn(CC3(O)CCN(C(=O)C4CC4)CC3)c(=O)c2cc1OC. The molecular formula is C20H25N3O5. The summed E-state index contributed by atoms with van der Waals surface area (Å²) in [4.78, 5) is 31.3. The van der Waals surface area contributed by atoms with Gasteiger partial charge in [0.05, 0.1) is 43.6 Å². The van der Waals surface area contributed by atoms with Crippen LogP contribution in [0.2, 0.25) is 0 Å². The number of likely N-dealkylation sites (tertiary alicyclic amines) is 1. The van der Waals surface area contributed by atoms with Gasteiger partial charge in [0.25, 0.3) is 5.56 Å². The Hall–Kier alpha value is -2.61. The van der Waals surface area contributed by atoms with Crippen LogP contribution in [0.5, 0.6) is 11.5 Å². The van der Waals surface area contributed by atoms with E-state index < -0.39 is 5.60 Å². The number of benzene rings is 1. The van der Waals surface area contributed by atoms with Crippen LogP contribution in [-0.2, 0) is 11.3 Å². The van der Waals surface area contributed by atoms with E-state index in [4.69, 9.17) is 9.47 Å². The number of hydrogen-bond donors (Lipinski definition) is 1. The lowest BCUT2D eigenvalue weighted by atomic mass is 9.91. The van der Waals surface area contributed by atoms with Crippen molar-refractivity contribution in [3.63, 3.8) is 0 Å². The summed E-state index contributed by atoms with van der Waals surface area (Å²) in [5.41, 5.74) is -0.762. The molecule has 0 atom stereocenters. The van der Waals surface area contributed by atoms with Crippen LogP contribution in [0.1, 0.15) is 25.7 Å². The van der Waals surface area contributed by atoms with Crippen LogP contribution in [0, 0.1) is 5.92 Å². The minimum Gasteiger partial charge on any atom is -0.493 e. The van der Waals surface area contributed by atoms with Crippen molar-refractivity contribution in [2.75, 3.05) is 27.3 Å². The third-order valence-electron chi connectivity index (χ3n) is 5.73. The van der Waals surface area contributed by atoms with E-state index in [1.54, 1.807) is 12.1 Å². The molecule has 28 heavy (non-hydrogen) atoms. The number of aromatic nitrogens is 2. The zero-order chi connectivity index (χ0) is 19.9. The third-order valence-corrected chi connectivity index (χ3v) is 5.73. The lowest BCUT2D eigenvalue weighted by Gasteiger charge is -2.38. The maximum Gasteiger partial charge on any atom is 0.261 e. The van der Waals surface area contributed by atoms with Crippen LogP contribution in [0.25, 0.3) is 10.9 Å². The first-order valence-corrected chi connectivity index (χ1v) is 9.56. The van der Waals surface area contributed by atoms with Gasteiger partial charge in [0.15, 0.2) is 11.5 Å². The number of aliphatic hydroxyl groups is 1. The number of rotatable bonds is 5. The van der Waals surface area contributed by atoms with Crippen LogP contribution >= 0.6 is 0 Å². The van der Waals surface area contributed by atoms with Crippen molar-refractivity contribution in [2.24, 2.45) is 5.92 Å². The van der Waals surface area contributed by atoms with Crippen molar-refractivity contribution in [2.45, 2.75) is 37.8 Å². The molecule has 4 rings (SSSR count). The minimum atomic E-state index is -1.03. The van der Waals surface area contributed by atoms with Gasteiger partial charge >= 0.3 is 0 Å². The zero-order valence-electron chi connectivity index (χ0n) is 16.2. The molecule has 2 fully saturated rings. The molecule has 2 aliphatic rings. The predicted octanol–water partition coefficient (Wildman–Crippen LogP) is 1.18. The van der Waals surface area contributed by atoms with Gasteiger partial charge in [0, 0.05) is 25.1 Å². The minimum absolute atomic E-state index is 0.147. The van der Waals surface area contributed by atoms with Crippen molar-refractivity contribution < 1.29 is 19.4 Å². The molecule has 0 radical (unpaired) electrons. The molecular weight excluding hydrogens is 362 g/mol. The Bertz CT molecular complexity index is 958. The summed E-state index contributed by atoms with van der Waals surface area (Å²) in [6, 6.07) is 3.28. The van der Waals surface area contributed by atoms with Crippen LogP contribution < -0.4 is 15.0 Å². The average Bonchev–Trinajstić information content (AvgIpc) is 3.54.